The fourth-order valence-electron chi connectivity index (χ4n) is 4.66. The third-order valence-corrected chi connectivity index (χ3v) is 5.80. The molecule has 1 saturated heterocycles. The van der Waals surface area contributed by atoms with Gasteiger partial charge in [-0.15, -0.1) is 0 Å². The molecule has 0 radical (unpaired) electrons. The summed E-state index contributed by atoms with van der Waals surface area (Å²) in [6.45, 7) is 9.43. The number of aliphatic hydroxyl groups is 1. The van der Waals surface area contributed by atoms with Gasteiger partial charge in [-0.3, -0.25) is 4.79 Å². The second-order valence-electron chi connectivity index (χ2n) is 8.21. The summed E-state index contributed by atoms with van der Waals surface area (Å²) in [4.78, 5) is 11.7. The van der Waals surface area contributed by atoms with Gasteiger partial charge in [-0.2, -0.15) is 0 Å². The van der Waals surface area contributed by atoms with Crippen molar-refractivity contribution in [3.63, 3.8) is 0 Å². The smallest absolute Gasteiger partial charge is 0.308 e. The van der Waals surface area contributed by atoms with Crippen LogP contribution in [0.1, 0.15) is 69.7 Å². The Bertz CT molecular complexity index is 854. The lowest BCUT2D eigenvalue weighted by Gasteiger charge is -2.27. The van der Waals surface area contributed by atoms with Gasteiger partial charge in [0, 0.05) is 25.1 Å². The van der Waals surface area contributed by atoms with Gasteiger partial charge in [0.05, 0.1) is 18.2 Å². The molecular formula is C24H32FNO3. The van der Waals surface area contributed by atoms with Crippen LogP contribution in [0, 0.1) is 5.82 Å². The molecule has 3 rings (SSSR count). The number of cyclic esters (lactones) is 1. The predicted octanol–water partition coefficient (Wildman–Crippen LogP) is 5.00. The Morgan fingerprint density at radius 3 is 2.38 bits per heavy atom. The molecule has 0 amide bonds. The Hall–Kier alpha value is -2.14. The number of aliphatic hydroxyl groups excluding tert-OH is 1. The van der Waals surface area contributed by atoms with E-state index in [2.05, 4.69) is 32.3 Å². The maximum Gasteiger partial charge on any atom is 0.308 e. The van der Waals surface area contributed by atoms with Crippen LogP contribution >= 0.6 is 0 Å². The van der Waals surface area contributed by atoms with Crippen LogP contribution in [0.5, 0.6) is 0 Å². The maximum absolute atomic E-state index is 13.5. The molecule has 0 bridgehead atoms. The minimum Gasteiger partial charge on any atom is -0.462 e. The number of nitrogens with zero attached hydrogens (tertiary/aromatic N) is 1. The molecule has 158 valence electrons. The molecule has 2 unspecified atom stereocenters. The summed E-state index contributed by atoms with van der Waals surface area (Å²) in [5.74, 6) is -0.232. The van der Waals surface area contributed by atoms with Crippen LogP contribution in [0.25, 0.3) is 11.3 Å². The fraction of sp³-hybridized carbons (Fsp3) is 0.542. The monoisotopic (exact) mass is 401 g/mol. The second kappa shape index (κ2) is 9.12. The average molecular weight is 402 g/mol. The van der Waals surface area contributed by atoms with Gasteiger partial charge >= 0.3 is 5.97 Å². The summed E-state index contributed by atoms with van der Waals surface area (Å²) in [5.41, 5.74) is 6.11. The maximum atomic E-state index is 13.5. The average Bonchev–Trinajstić information content (AvgIpc) is 2.99. The normalized spacial score (nSPS) is 19.6. The zero-order valence-electron chi connectivity index (χ0n) is 17.9. The van der Waals surface area contributed by atoms with Crippen molar-refractivity contribution >= 4 is 5.97 Å². The van der Waals surface area contributed by atoms with Gasteiger partial charge < -0.3 is 14.4 Å². The molecule has 1 aliphatic rings. The van der Waals surface area contributed by atoms with Crippen LogP contribution < -0.4 is 0 Å². The lowest BCUT2D eigenvalue weighted by molar-refractivity contribution is -0.160. The predicted molar refractivity (Wildman–Crippen MR) is 112 cm³/mol. The fourth-order valence-corrected chi connectivity index (χ4v) is 4.66. The van der Waals surface area contributed by atoms with Gasteiger partial charge in [-0.1, -0.05) is 27.7 Å². The largest absolute Gasteiger partial charge is 0.462 e. The minimum absolute atomic E-state index is 0.0814. The lowest BCUT2D eigenvalue weighted by atomic mass is 9.97. The highest BCUT2D eigenvalue weighted by Crippen LogP contribution is 2.37. The molecule has 2 heterocycles. The van der Waals surface area contributed by atoms with E-state index in [1.807, 2.05) is 12.1 Å². The first-order chi connectivity index (χ1) is 13.8. The van der Waals surface area contributed by atoms with E-state index in [0.717, 1.165) is 24.1 Å². The molecule has 29 heavy (non-hydrogen) atoms. The van der Waals surface area contributed by atoms with E-state index < -0.39 is 6.10 Å². The van der Waals surface area contributed by atoms with E-state index in [-0.39, 0.29) is 24.3 Å². The molecule has 1 aromatic heterocycles. The summed E-state index contributed by atoms with van der Waals surface area (Å²) in [7, 11) is 0. The van der Waals surface area contributed by atoms with Crippen molar-refractivity contribution in [3.8, 4) is 11.3 Å². The van der Waals surface area contributed by atoms with Crippen molar-refractivity contribution in [2.24, 2.45) is 0 Å². The zero-order chi connectivity index (χ0) is 21.1. The second-order valence-corrected chi connectivity index (χ2v) is 8.21. The van der Waals surface area contributed by atoms with Gasteiger partial charge in [-0.05, 0) is 59.7 Å². The van der Waals surface area contributed by atoms with Gasteiger partial charge in [0.1, 0.15) is 11.9 Å². The van der Waals surface area contributed by atoms with E-state index in [4.69, 9.17) is 4.74 Å². The Labute approximate surface area is 172 Å². The number of ether oxygens (including phenoxy) is 1. The van der Waals surface area contributed by atoms with Crippen LogP contribution in [0.3, 0.4) is 0 Å². The third-order valence-electron chi connectivity index (χ3n) is 5.80. The molecule has 0 aliphatic carbocycles. The molecule has 1 aliphatic heterocycles. The molecular weight excluding hydrogens is 369 g/mol. The molecule has 5 heteroatoms. The van der Waals surface area contributed by atoms with Crippen LogP contribution in [0.4, 0.5) is 4.39 Å². The molecule has 4 nitrogen and oxygen atoms in total. The summed E-state index contributed by atoms with van der Waals surface area (Å²) in [5, 5.41) is 9.93. The SMILES string of the molecule is CCc1c(CC)c(C(C)C)n(CCC2CC(O)CC(=O)O2)c1-c1ccc(F)cc1. The van der Waals surface area contributed by atoms with Crippen LogP contribution in [-0.4, -0.2) is 27.9 Å². The van der Waals surface area contributed by atoms with E-state index in [1.165, 1.54) is 29.0 Å². The van der Waals surface area contributed by atoms with Crippen molar-refractivity contribution in [3.05, 3.63) is 46.9 Å². The highest BCUT2D eigenvalue weighted by molar-refractivity contribution is 5.71. The van der Waals surface area contributed by atoms with Crippen molar-refractivity contribution < 1.29 is 19.0 Å². The van der Waals surface area contributed by atoms with Crippen molar-refractivity contribution in [1.29, 1.82) is 0 Å². The number of esters is 1. The van der Waals surface area contributed by atoms with Crippen molar-refractivity contribution in [1.82, 2.24) is 4.57 Å². The Morgan fingerprint density at radius 2 is 1.83 bits per heavy atom. The summed E-state index contributed by atoms with van der Waals surface area (Å²) in [6, 6.07) is 6.70. The summed E-state index contributed by atoms with van der Waals surface area (Å²) >= 11 is 0. The minimum atomic E-state index is -0.621. The zero-order valence-corrected chi connectivity index (χ0v) is 17.9. The van der Waals surface area contributed by atoms with Crippen molar-refractivity contribution in [2.75, 3.05) is 0 Å². The lowest BCUT2D eigenvalue weighted by Crippen LogP contribution is -2.33. The van der Waals surface area contributed by atoms with Gasteiger partial charge in [0.25, 0.3) is 0 Å². The number of halogens is 1. The quantitative estimate of drug-likeness (QED) is 0.665. The Balaban J connectivity index is 2.04. The number of aromatic nitrogens is 1. The number of benzene rings is 1. The molecule has 1 N–H and O–H groups in total. The first kappa shape index (κ1) is 21.6. The Kier molecular flexibility index (Phi) is 6.78. The number of carbonyl (C=O) groups is 1. The molecule has 2 atom stereocenters. The van der Waals surface area contributed by atoms with Gasteiger partial charge in [0.15, 0.2) is 0 Å². The van der Waals surface area contributed by atoms with Crippen molar-refractivity contribution in [2.45, 2.75) is 84.5 Å². The topological polar surface area (TPSA) is 51.5 Å². The van der Waals surface area contributed by atoms with Crippen LogP contribution in [0.15, 0.2) is 24.3 Å². The summed E-state index contributed by atoms with van der Waals surface area (Å²) in [6.07, 6.45) is 2.16. The Morgan fingerprint density at radius 1 is 1.17 bits per heavy atom. The van der Waals surface area contributed by atoms with Gasteiger partial charge in [-0.25, -0.2) is 4.39 Å². The molecule has 0 spiro atoms. The number of hydrogen-bond acceptors (Lipinski definition) is 3. The van der Waals surface area contributed by atoms with E-state index in [9.17, 15) is 14.3 Å². The first-order valence-electron chi connectivity index (χ1n) is 10.7. The molecule has 1 fully saturated rings. The highest BCUT2D eigenvalue weighted by Gasteiger charge is 2.29. The standard InChI is InChI=1S/C24H32FNO3/c1-5-20-21(6-2)24(16-7-9-17(25)10-8-16)26(23(20)15(3)4)12-11-19-13-18(27)14-22(28)29-19/h7-10,15,18-19,27H,5-6,11-14H2,1-4H3. The molecule has 0 saturated carbocycles. The first-order valence-corrected chi connectivity index (χ1v) is 10.7. The number of rotatable bonds is 7. The van der Waals surface area contributed by atoms with E-state index in [0.29, 0.717) is 25.3 Å². The van der Waals surface area contributed by atoms with E-state index in [1.54, 1.807) is 0 Å². The van der Waals surface area contributed by atoms with Crippen LogP contribution in [0.2, 0.25) is 0 Å². The highest BCUT2D eigenvalue weighted by atomic mass is 19.1. The van der Waals surface area contributed by atoms with E-state index >= 15 is 0 Å². The number of carbonyl (C=O) groups excluding carboxylic acids is 1. The summed E-state index contributed by atoms with van der Waals surface area (Å²) < 4.78 is 21.4. The number of hydrogen-bond donors (Lipinski definition) is 1. The molecule has 2 aromatic rings. The third kappa shape index (κ3) is 4.55. The molecule has 1 aromatic carbocycles. The van der Waals surface area contributed by atoms with Crippen LogP contribution in [-0.2, 0) is 28.9 Å². The van der Waals surface area contributed by atoms with Gasteiger partial charge in [0.2, 0.25) is 0 Å².